The van der Waals surface area contributed by atoms with Crippen LogP contribution in [0.1, 0.15) is 13.8 Å². The zero-order valence-electron chi connectivity index (χ0n) is 9.23. The number of rotatable bonds is 6. The van der Waals surface area contributed by atoms with Crippen LogP contribution in [0.15, 0.2) is 48.6 Å². The standard InChI is InChI=1S/C12H18N2O/c1-3-5-7-9-11-13-14-12(15)10-8-6-4-2/h3-10,13H,11H2,1-2H3,(H,14,15). The molecule has 0 aliphatic heterocycles. The normalized spacial score (nSPS) is 12.4. The maximum atomic E-state index is 11.1. The SMILES string of the molecule is CC=CC=CCNNC(=O)C=CC=CC. The molecular formula is C12H18N2O. The van der Waals surface area contributed by atoms with Crippen LogP contribution >= 0.6 is 0 Å². The molecule has 0 rings (SSSR count). The van der Waals surface area contributed by atoms with E-state index in [1.165, 1.54) is 6.08 Å². The Labute approximate surface area is 91.2 Å². The van der Waals surface area contributed by atoms with E-state index in [-0.39, 0.29) is 5.91 Å². The minimum absolute atomic E-state index is 0.160. The van der Waals surface area contributed by atoms with Crippen molar-refractivity contribution in [2.45, 2.75) is 13.8 Å². The highest BCUT2D eigenvalue weighted by molar-refractivity contribution is 5.87. The van der Waals surface area contributed by atoms with Gasteiger partial charge in [0.05, 0.1) is 0 Å². The average molecular weight is 206 g/mol. The number of hydrazine groups is 1. The van der Waals surface area contributed by atoms with Crippen molar-refractivity contribution in [3.63, 3.8) is 0 Å². The Kier molecular flexibility index (Phi) is 9.35. The lowest BCUT2D eigenvalue weighted by Crippen LogP contribution is -2.36. The summed E-state index contributed by atoms with van der Waals surface area (Å²) in [6.07, 6.45) is 14.5. The lowest BCUT2D eigenvalue weighted by molar-refractivity contribution is -0.117. The van der Waals surface area contributed by atoms with Crippen molar-refractivity contribution in [3.05, 3.63) is 48.6 Å². The van der Waals surface area contributed by atoms with E-state index in [4.69, 9.17) is 0 Å². The van der Waals surface area contributed by atoms with Gasteiger partial charge in [0.15, 0.2) is 0 Å². The van der Waals surface area contributed by atoms with Crippen LogP contribution in [0.2, 0.25) is 0 Å². The molecule has 1 amide bonds. The summed E-state index contributed by atoms with van der Waals surface area (Å²) < 4.78 is 0. The first-order valence-electron chi connectivity index (χ1n) is 4.91. The smallest absolute Gasteiger partial charge is 0.258 e. The minimum Gasteiger partial charge on any atom is -0.288 e. The summed E-state index contributed by atoms with van der Waals surface area (Å²) in [6, 6.07) is 0. The van der Waals surface area contributed by atoms with Crippen LogP contribution in [0.5, 0.6) is 0 Å². The maximum absolute atomic E-state index is 11.1. The molecule has 0 fully saturated rings. The second kappa shape index (κ2) is 10.5. The zero-order chi connectivity index (χ0) is 11.4. The fraction of sp³-hybridized carbons (Fsp3) is 0.250. The van der Waals surface area contributed by atoms with Gasteiger partial charge >= 0.3 is 0 Å². The van der Waals surface area contributed by atoms with E-state index in [2.05, 4.69) is 10.9 Å². The molecule has 82 valence electrons. The van der Waals surface area contributed by atoms with Gasteiger partial charge in [-0.05, 0) is 13.8 Å². The Bertz CT molecular complexity index is 275. The molecule has 0 atom stereocenters. The number of hydrogen-bond acceptors (Lipinski definition) is 2. The molecule has 0 bridgehead atoms. The van der Waals surface area contributed by atoms with Gasteiger partial charge in [0.1, 0.15) is 0 Å². The molecule has 0 aliphatic rings. The number of allylic oxidation sites excluding steroid dienone is 6. The second-order valence-electron chi connectivity index (χ2n) is 2.71. The summed E-state index contributed by atoms with van der Waals surface area (Å²) in [4.78, 5) is 11.1. The predicted molar refractivity (Wildman–Crippen MR) is 64.1 cm³/mol. The summed E-state index contributed by atoms with van der Waals surface area (Å²) in [5.74, 6) is -0.160. The number of amides is 1. The van der Waals surface area contributed by atoms with Gasteiger partial charge in [-0.2, -0.15) is 0 Å². The van der Waals surface area contributed by atoms with Gasteiger partial charge in [0.2, 0.25) is 0 Å². The first-order valence-corrected chi connectivity index (χ1v) is 4.91. The lowest BCUT2D eigenvalue weighted by Gasteiger charge is -1.99. The predicted octanol–water partition coefficient (Wildman–Crippen LogP) is 1.87. The van der Waals surface area contributed by atoms with Crippen molar-refractivity contribution in [1.82, 2.24) is 10.9 Å². The molecule has 15 heavy (non-hydrogen) atoms. The highest BCUT2D eigenvalue weighted by atomic mass is 16.2. The van der Waals surface area contributed by atoms with Crippen molar-refractivity contribution in [2.24, 2.45) is 0 Å². The van der Waals surface area contributed by atoms with E-state index in [9.17, 15) is 4.79 Å². The molecule has 0 saturated heterocycles. The summed E-state index contributed by atoms with van der Waals surface area (Å²) in [6.45, 7) is 4.45. The van der Waals surface area contributed by atoms with Gasteiger partial charge in [0, 0.05) is 12.6 Å². The molecule has 0 aromatic rings. The van der Waals surface area contributed by atoms with Gasteiger partial charge in [-0.25, -0.2) is 5.43 Å². The molecule has 0 radical (unpaired) electrons. The van der Waals surface area contributed by atoms with Gasteiger partial charge in [0.25, 0.3) is 5.91 Å². The molecule has 0 aliphatic carbocycles. The summed E-state index contributed by atoms with van der Waals surface area (Å²) in [5, 5.41) is 0. The average Bonchev–Trinajstić information content (AvgIpc) is 2.23. The van der Waals surface area contributed by atoms with Crippen LogP contribution in [0.25, 0.3) is 0 Å². The van der Waals surface area contributed by atoms with Crippen LogP contribution in [0.3, 0.4) is 0 Å². The van der Waals surface area contributed by atoms with Crippen molar-refractivity contribution >= 4 is 5.91 Å². The van der Waals surface area contributed by atoms with E-state index >= 15 is 0 Å². The van der Waals surface area contributed by atoms with Gasteiger partial charge in [-0.1, -0.05) is 42.5 Å². The quantitative estimate of drug-likeness (QED) is 0.301. The van der Waals surface area contributed by atoms with Crippen LogP contribution in [0.4, 0.5) is 0 Å². The van der Waals surface area contributed by atoms with Crippen LogP contribution in [0, 0.1) is 0 Å². The fourth-order valence-electron chi connectivity index (χ4n) is 0.751. The van der Waals surface area contributed by atoms with Gasteiger partial charge < -0.3 is 0 Å². The molecule has 0 spiro atoms. The molecule has 2 N–H and O–H groups in total. The topological polar surface area (TPSA) is 41.1 Å². The van der Waals surface area contributed by atoms with E-state index in [0.717, 1.165) is 0 Å². The number of nitrogens with one attached hydrogen (secondary N) is 2. The molecule has 0 heterocycles. The fourth-order valence-corrected chi connectivity index (χ4v) is 0.751. The summed E-state index contributed by atoms with van der Waals surface area (Å²) in [7, 11) is 0. The Morgan fingerprint density at radius 2 is 1.73 bits per heavy atom. The molecule has 0 aromatic carbocycles. The third-order valence-electron chi connectivity index (χ3n) is 1.42. The maximum Gasteiger partial charge on any atom is 0.258 e. The van der Waals surface area contributed by atoms with E-state index in [1.807, 2.05) is 44.2 Å². The first kappa shape index (κ1) is 13.4. The molecule has 0 unspecified atom stereocenters. The Morgan fingerprint density at radius 1 is 1.07 bits per heavy atom. The van der Waals surface area contributed by atoms with Crippen molar-refractivity contribution in [2.75, 3.05) is 6.54 Å². The van der Waals surface area contributed by atoms with Crippen LogP contribution < -0.4 is 10.9 Å². The number of carbonyl (C=O) groups excluding carboxylic acids is 1. The van der Waals surface area contributed by atoms with Gasteiger partial charge in [-0.15, -0.1) is 0 Å². The molecule has 3 nitrogen and oxygen atoms in total. The zero-order valence-corrected chi connectivity index (χ0v) is 9.23. The van der Waals surface area contributed by atoms with Gasteiger partial charge in [-0.3, -0.25) is 10.2 Å². The Hall–Kier alpha value is -1.61. The van der Waals surface area contributed by atoms with Crippen molar-refractivity contribution in [1.29, 1.82) is 0 Å². The van der Waals surface area contributed by atoms with Crippen molar-refractivity contribution in [3.8, 4) is 0 Å². The molecule has 0 aromatic heterocycles. The summed E-state index contributed by atoms with van der Waals surface area (Å²) in [5.41, 5.74) is 5.31. The van der Waals surface area contributed by atoms with E-state index in [1.54, 1.807) is 12.2 Å². The number of hydrogen-bond donors (Lipinski definition) is 2. The molecule has 3 heteroatoms. The largest absolute Gasteiger partial charge is 0.288 e. The van der Waals surface area contributed by atoms with Crippen LogP contribution in [-0.4, -0.2) is 12.5 Å². The summed E-state index contributed by atoms with van der Waals surface area (Å²) >= 11 is 0. The minimum atomic E-state index is -0.160. The third kappa shape index (κ3) is 10.3. The monoisotopic (exact) mass is 206 g/mol. The van der Waals surface area contributed by atoms with Crippen LogP contribution in [-0.2, 0) is 4.79 Å². The molecular weight excluding hydrogens is 188 g/mol. The Balaban J connectivity index is 3.55. The molecule has 0 saturated carbocycles. The number of carbonyl (C=O) groups is 1. The Morgan fingerprint density at radius 3 is 2.40 bits per heavy atom. The van der Waals surface area contributed by atoms with E-state index in [0.29, 0.717) is 6.54 Å². The lowest BCUT2D eigenvalue weighted by atomic mass is 10.4. The van der Waals surface area contributed by atoms with E-state index < -0.39 is 0 Å². The highest BCUT2D eigenvalue weighted by Crippen LogP contribution is 1.76. The second-order valence-corrected chi connectivity index (χ2v) is 2.71. The third-order valence-corrected chi connectivity index (χ3v) is 1.42. The highest BCUT2D eigenvalue weighted by Gasteiger charge is 1.89. The van der Waals surface area contributed by atoms with Crippen molar-refractivity contribution < 1.29 is 4.79 Å². The first-order chi connectivity index (χ1) is 7.31.